The van der Waals surface area contributed by atoms with Crippen molar-refractivity contribution in [3.8, 4) is 5.75 Å². The quantitative estimate of drug-likeness (QED) is 0.254. The summed E-state index contributed by atoms with van der Waals surface area (Å²) >= 11 is 0. The Morgan fingerprint density at radius 3 is 2.19 bits per heavy atom. The van der Waals surface area contributed by atoms with Gasteiger partial charge in [0.05, 0.1) is 5.69 Å². The zero-order valence-electron chi connectivity index (χ0n) is 17.9. The maximum atomic E-state index is 9.14. The lowest BCUT2D eigenvalue weighted by Gasteiger charge is -2.12. The first kappa shape index (κ1) is 20.9. The number of nitrogens with zero attached hydrogens (tertiary/aromatic N) is 2. The molecule has 5 nitrogen and oxygen atoms in total. The van der Waals surface area contributed by atoms with Gasteiger partial charge in [0, 0.05) is 25.1 Å². The Labute approximate surface area is 181 Å². The molecule has 0 aliphatic carbocycles. The summed E-state index contributed by atoms with van der Waals surface area (Å²) in [5.41, 5.74) is 1.11. The van der Waals surface area contributed by atoms with E-state index >= 15 is 0 Å². The third-order valence-corrected chi connectivity index (χ3v) is 5.33. The zero-order chi connectivity index (χ0) is 22.0. The Hall–Kier alpha value is -3.35. The molecule has 5 aromatic rings. The van der Waals surface area contributed by atoms with Crippen molar-refractivity contribution < 1.29 is 14.7 Å². The number of hydrogen-bond donors (Lipinski definition) is 2. The number of hydrogen-bond acceptors (Lipinski definition) is 4. The van der Waals surface area contributed by atoms with Gasteiger partial charge in [-0.1, -0.05) is 55.5 Å². The molecule has 6 heteroatoms. The van der Waals surface area contributed by atoms with Crippen LogP contribution in [-0.2, 0) is 13.5 Å². The fourth-order valence-corrected chi connectivity index (χ4v) is 3.97. The van der Waals surface area contributed by atoms with Crippen LogP contribution in [0.4, 0.5) is 0 Å². The normalized spacial score (nSPS) is 10.9. The Bertz CT molecular complexity index is 1360. The fraction of sp³-hybridized carbons (Fsp3) is 0.160. The van der Waals surface area contributed by atoms with Crippen LogP contribution < -0.4 is 4.65 Å². The second kappa shape index (κ2) is 8.80. The molecule has 0 aliphatic heterocycles. The molecular weight excluding hydrogens is 387 g/mol. The minimum Gasteiger partial charge on any atom is -0.511 e. The average Bonchev–Trinajstić information content (AvgIpc) is 3.09. The molecule has 0 saturated heterocycles. The van der Waals surface area contributed by atoms with Crippen molar-refractivity contribution in [3.63, 3.8) is 0 Å². The number of fused-ring (bicyclic) bond motifs is 4. The Kier molecular flexibility index (Phi) is 5.93. The molecule has 5 rings (SSSR count). The second-order valence-electron chi connectivity index (χ2n) is 7.55. The lowest BCUT2D eigenvalue weighted by molar-refractivity contribution is 0.289. The first-order chi connectivity index (χ1) is 15.0. The third-order valence-electron chi connectivity index (χ3n) is 5.33. The van der Waals surface area contributed by atoms with E-state index < -0.39 is 7.32 Å². The van der Waals surface area contributed by atoms with E-state index in [2.05, 4.69) is 46.8 Å². The second-order valence-corrected chi connectivity index (χ2v) is 7.55. The summed E-state index contributed by atoms with van der Waals surface area (Å²) in [6.07, 6.45) is 3.06. The van der Waals surface area contributed by atoms with Crippen molar-refractivity contribution in [2.45, 2.75) is 20.3 Å². The summed E-state index contributed by atoms with van der Waals surface area (Å²) in [6, 6.07) is 22.1. The van der Waals surface area contributed by atoms with Crippen LogP contribution in [0.25, 0.3) is 32.3 Å². The Morgan fingerprint density at radius 2 is 1.58 bits per heavy atom. The van der Waals surface area contributed by atoms with E-state index in [1.807, 2.05) is 50.5 Å². The highest BCUT2D eigenvalue weighted by atomic mass is 16.6. The molecule has 4 aromatic carbocycles. The molecule has 1 heterocycles. The van der Waals surface area contributed by atoms with E-state index in [0.29, 0.717) is 5.75 Å². The molecule has 0 radical (unpaired) electrons. The molecule has 0 amide bonds. The van der Waals surface area contributed by atoms with Crippen LogP contribution in [0.2, 0.25) is 0 Å². The first-order valence-electron chi connectivity index (χ1n) is 10.3. The summed E-state index contributed by atoms with van der Waals surface area (Å²) in [4.78, 5) is 4.29. The molecule has 2 N–H and O–H groups in total. The molecule has 0 atom stereocenters. The summed E-state index contributed by atoms with van der Waals surface area (Å²) in [6.45, 7) is 4.13. The van der Waals surface area contributed by atoms with Gasteiger partial charge in [0.15, 0.2) is 0 Å². The molecule has 0 unspecified atom stereocenters. The number of rotatable bonds is 3. The van der Waals surface area contributed by atoms with Crippen molar-refractivity contribution >= 4 is 39.6 Å². The Morgan fingerprint density at radius 1 is 0.903 bits per heavy atom. The largest absolute Gasteiger partial charge is 0.707 e. The highest BCUT2D eigenvalue weighted by molar-refractivity contribution is 6.34. The highest BCUT2D eigenvalue weighted by Crippen LogP contribution is 2.35. The summed E-state index contributed by atoms with van der Waals surface area (Å²) < 4.78 is 7.22. The molecular formula is C25H25BN2O3. The number of imidazole rings is 1. The third kappa shape index (κ3) is 4.40. The minimum absolute atomic E-state index is 0.466. The Balaban J connectivity index is 0.000000217. The van der Waals surface area contributed by atoms with Gasteiger partial charge in [-0.05, 0) is 52.1 Å². The summed E-state index contributed by atoms with van der Waals surface area (Å²) in [5, 5.41) is 24.6. The molecule has 156 valence electrons. The maximum Gasteiger partial charge on any atom is 0.707 e. The van der Waals surface area contributed by atoms with E-state index in [9.17, 15) is 0 Å². The van der Waals surface area contributed by atoms with E-state index in [1.165, 1.54) is 5.39 Å². The van der Waals surface area contributed by atoms with Crippen molar-refractivity contribution in [2.75, 3.05) is 0 Å². The van der Waals surface area contributed by atoms with E-state index in [0.717, 1.165) is 44.9 Å². The van der Waals surface area contributed by atoms with E-state index in [1.54, 1.807) is 6.07 Å². The van der Waals surface area contributed by atoms with Crippen molar-refractivity contribution in [3.05, 3.63) is 84.4 Å². The van der Waals surface area contributed by atoms with Gasteiger partial charge in [-0.2, -0.15) is 0 Å². The van der Waals surface area contributed by atoms with Crippen molar-refractivity contribution in [1.29, 1.82) is 0 Å². The predicted octanol–water partition coefficient (Wildman–Crippen LogP) is 4.79. The lowest BCUT2D eigenvalue weighted by Crippen LogP contribution is -2.20. The van der Waals surface area contributed by atoms with Crippen LogP contribution in [0.15, 0.2) is 72.9 Å². The molecule has 0 saturated carbocycles. The van der Waals surface area contributed by atoms with Gasteiger partial charge in [0.25, 0.3) is 0 Å². The van der Waals surface area contributed by atoms with Crippen LogP contribution in [0.1, 0.15) is 18.4 Å². The van der Waals surface area contributed by atoms with Crippen LogP contribution in [0.3, 0.4) is 0 Å². The van der Waals surface area contributed by atoms with Gasteiger partial charge in [-0.3, -0.25) is 0 Å². The van der Waals surface area contributed by atoms with Gasteiger partial charge < -0.3 is 19.3 Å². The maximum absolute atomic E-state index is 9.14. The van der Waals surface area contributed by atoms with Gasteiger partial charge in [-0.25, -0.2) is 4.98 Å². The molecule has 1 aromatic heterocycles. The number of aryl methyl sites for hydroxylation is 3. The van der Waals surface area contributed by atoms with E-state index in [-0.39, 0.29) is 0 Å². The highest BCUT2D eigenvalue weighted by Gasteiger charge is 2.15. The van der Waals surface area contributed by atoms with Gasteiger partial charge in [-0.15, -0.1) is 0 Å². The summed E-state index contributed by atoms with van der Waals surface area (Å²) in [5.74, 6) is 1.63. The molecule has 0 bridgehead atoms. The molecule has 31 heavy (non-hydrogen) atoms. The van der Waals surface area contributed by atoms with E-state index in [4.69, 9.17) is 14.7 Å². The molecule has 0 aliphatic rings. The first-order valence-corrected chi connectivity index (χ1v) is 10.3. The molecule has 0 spiro atoms. The monoisotopic (exact) mass is 412 g/mol. The number of benzene rings is 4. The fourth-order valence-electron chi connectivity index (χ4n) is 3.97. The lowest BCUT2D eigenvalue weighted by atomic mass is 9.97. The van der Waals surface area contributed by atoms with Gasteiger partial charge >= 0.3 is 7.32 Å². The minimum atomic E-state index is -1.83. The predicted molar refractivity (Wildman–Crippen MR) is 127 cm³/mol. The molecule has 0 fully saturated rings. The van der Waals surface area contributed by atoms with Gasteiger partial charge in [0.1, 0.15) is 11.6 Å². The van der Waals surface area contributed by atoms with Crippen LogP contribution in [0, 0.1) is 6.92 Å². The zero-order valence-corrected chi connectivity index (χ0v) is 17.9. The SMILES string of the molecule is CCc1nc(C)cn1C.OB(O)Oc1cccc2ccc3cc4ccccc4cc3c12. The topological polar surface area (TPSA) is 67.5 Å². The van der Waals surface area contributed by atoms with Crippen LogP contribution >= 0.6 is 0 Å². The van der Waals surface area contributed by atoms with Crippen molar-refractivity contribution in [1.82, 2.24) is 9.55 Å². The summed E-state index contributed by atoms with van der Waals surface area (Å²) in [7, 11) is 0.195. The van der Waals surface area contributed by atoms with Gasteiger partial charge in [0.2, 0.25) is 0 Å². The van der Waals surface area contributed by atoms with Crippen LogP contribution in [0.5, 0.6) is 5.75 Å². The average molecular weight is 412 g/mol. The van der Waals surface area contributed by atoms with Crippen LogP contribution in [-0.4, -0.2) is 26.9 Å². The standard InChI is InChI=1S/C18H13BO3.C7H12N2/c20-19(21)22-17-7-3-6-12-8-9-15-10-13-4-1-2-5-14(13)11-16(15)18(12)17;1-4-7-8-6(2)5-9(7)3/h1-11,20-21H;5H,4H2,1-3H3. The smallest absolute Gasteiger partial charge is 0.511 e. The number of aromatic nitrogens is 2. The van der Waals surface area contributed by atoms with Crippen molar-refractivity contribution in [2.24, 2.45) is 7.05 Å².